The van der Waals surface area contributed by atoms with Crippen molar-refractivity contribution >= 4 is 35.7 Å². The highest BCUT2D eigenvalue weighted by Gasteiger charge is 2.70. The normalized spacial score (nSPS) is 24.5. The van der Waals surface area contributed by atoms with Crippen molar-refractivity contribution in [2.45, 2.75) is 105 Å². The quantitative estimate of drug-likeness (QED) is 0.199. The van der Waals surface area contributed by atoms with Gasteiger partial charge in [0.25, 0.3) is 5.91 Å². The molecular weight excluding hydrogens is 570 g/mol. The Morgan fingerprint density at radius 1 is 0.955 bits per heavy atom. The second-order valence-electron chi connectivity index (χ2n) is 15.3. The number of methoxy groups -OCH3 is 1. The number of ether oxygens (including phenoxy) is 2. The number of carbonyl (C=O) groups is 6. The summed E-state index contributed by atoms with van der Waals surface area (Å²) in [6, 6.07) is -4.18. The number of hydrogen-bond acceptors (Lipinski definition) is 8. The number of primary amides is 1. The second-order valence-corrected chi connectivity index (χ2v) is 15.3. The largest absolute Gasteiger partial charge is 0.508 e. The predicted molar refractivity (Wildman–Crippen MR) is 161 cm³/mol. The highest BCUT2D eigenvalue weighted by Crippen LogP contribution is 2.65. The first kappa shape index (κ1) is 35.1. The number of rotatable bonds is 11. The number of ketones is 1. The predicted octanol–water partition coefficient (Wildman–Crippen LogP) is 2.11. The summed E-state index contributed by atoms with van der Waals surface area (Å²) in [5.74, 6) is -2.73. The molecule has 1 aliphatic heterocycles. The zero-order valence-electron chi connectivity index (χ0n) is 27.6. The number of piperidine rings is 1. The molecule has 2 saturated carbocycles. The van der Waals surface area contributed by atoms with Crippen molar-refractivity contribution in [3.05, 3.63) is 0 Å². The molecule has 1 heterocycles. The van der Waals surface area contributed by atoms with Crippen LogP contribution in [-0.2, 0) is 28.7 Å². The maximum Gasteiger partial charge on any atom is 0.508 e. The number of urea groups is 1. The van der Waals surface area contributed by atoms with Crippen LogP contribution in [0.1, 0.15) is 81.1 Å². The average Bonchev–Trinajstić information content (AvgIpc) is 3.21. The summed E-state index contributed by atoms with van der Waals surface area (Å²) in [7, 11) is 1.19. The lowest BCUT2D eigenvalue weighted by Crippen LogP contribution is -2.62. The van der Waals surface area contributed by atoms with E-state index in [4.69, 9.17) is 10.5 Å². The lowest BCUT2D eigenvalue weighted by Gasteiger charge is -2.38. The molecule has 1 saturated heterocycles. The zero-order valence-corrected chi connectivity index (χ0v) is 27.6. The molecule has 13 heteroatoms. The molecular formula is C31H51N5O8. The molecule has 3 aliphatic rings. The van der Waals surface area contributed by atoms with Gasteiger partial charge in [0.05, 0.1) is 19.2 Å². The van der Waals surface area contributed by atoms with E-state index < -0.39 is 70.7 Å². The molecule has 5 N–H and O–H groups in total. The van der Waals surface area contributed by atoms with Gasteiger partial charge in [-0.25, -0.2) is 9.59 Å². The third kappa shape index (κ3) is 7.82. The smallest absolute Gasteiger partial charge is 0.438 e. The summed E-state index contributed by atoms with van der Waals surface area (Å²) in [5, 5.41) is 8.39. The number of nitrogens with zero attached hydrogens (tertiary/aromatic N) is 1. The van der Waals surface area contributed by atoms with Crippen LogP contribution in [-0.4, -0.2) is 85.0 Å². The van der Waals surface area contributed by atoms with Crippen LogP contribution < -0.4 is 21.7 Å². The van der Waals surface area contributed by atoms with Crippen molar-refractivity contribution in [1.29, 1.82) is 0 Å². The average molecular weight is 622 g/mol. The summed E-state index contributed by atoms with van der Waals surface area (Å²) < 4.78 is 9.61. The van der Waals surface area contributed by atoms with Crippen LogP contribution in [0.15, 0.2) is 0 Å². The van der Waals surface area contributed by atoms with Crippen molar-refractivity contribution in [2.24, 2.45) is 39.7 Å². The Balaban J connectivity index is 1.81. The van der Waals surface area contributed by atoms with Gasteiger partial charge in [0.2, 0.25) is 17.6 Å². The standard InChI is InChI=1S/C31H51N5O8/c1-29(2,3)19(15-44-28(42)43-9)34-27(41)35-23(30(4,5)6)26(40)36-14-17-20(31(17,7)8)21(36)25(39)33-18(22(37)24(32)38)13-16-11-10-12-16/h16-21,23H,10-15H2,1-9H3,(H2,32,38)(H,33,39)(H2,34,35,41)/t17-,18?,19+,20-,21-,23+/m0/s1. The van der Waals surface area contributed by atoms with Gasteiger partial charge < -0.3 is 36.1 Å². The minimum Gasteiger partial charge on any atom is -0.438 e. The lowest BCUT2D eigenvalue weighted by atomic mass is 9.80. The van der Waals surface area contributed by atoms with Crippen molar-refractivity contribution in [3.63, 3.8) is 0 Å². The summed E-state index contributed by atoms with van der Waals surface area (Å²) in [6.45, 7) is 15.3. The molecule has 248 valence electrons. The number of likely N-dealkylation sites (tertiary alicyclic amines) is 1. The molecule has 6 atom stereocenters. The minimum atomic E-state index is -1.10. The highest BCUT2D eigenvalue weighted by molar-refractivity contribution is 6.37. The Bertz CT molecular complexity index is 1150. The maximum absolute atomic E-state index is 14.2. The Hall–Kier alpha value is -3.38. The van der Waals surface area contributed by atoms with Crippen LogP contribution >= 0.6 is 0 Å². The molecule has 5 amide bonds. The Kier molecular flexibility index (Phi) is 10.3. The monoisotopic (exact) mass is 621 g/mol. The summed E-state index contributed by atoms with van der Waals surface area (Å²) in [4.78, 5) is 78.8. The van der Waals surface area contributed by atoms with Gasteiger partial charge in [-0.1, -0.05) is 74.7 Å². The van der Waals surface area contributed by atoms with Gasteiger partial charge >= 0.3 is 12.2 Å². The molecule has 0 radical (unpaired) electrons. The van der Waals surface area contributed by atoms with Gasteiger partial charge in [-0.15, -0.1) is 0 Å². The van der Waals surface area contributed by atoms with Crippen LogP contribution in [0.4, 0.5) is 9.59 Å². The number of hydrogen-bond donors (Lipinski definition) is 4. The van der Waals surface area contributed by atoms with Crippen LogP contribution in [0.5, 0.6) is 0 Å². The van der Waals surface area contributed by atoms with Crippen molar-refractivity contribution < 1.29 is 38.2 Å². The van der Waals surface area contributed by atoms with Gasteiger partial charge in [-0.3, -0.25) is 19.2 Å². The molecule has 1 unspecified atom stereocenters. The Morgan fingerprint density at radius 3 is 2.05 bits per heavy atom. The SMILES string of the molecule is COC(=O)OC[C@@H](NC(=O)N[C@H](C(=O)N1C[C@H]2[C@@H]([C@H]1C(=O)NC(CC1CCC1)C(=O)C(N)=O)C2(C)C)C(C)(C)C)C(C)(C)C. The van der Waals surface area contributed by atoms with Crippen LogP contribution in [0.2, 0.25) is 0 Å². The van der Waals surface area contributed by atoms with Crippen molar-refractivity contribution in [2.75, 3.05) is 20.3 Å². The Labute approximate surface area is 260 Å². The molecule has 0 spiro atoms. The highest BCUT2D eigenvalue weighted by atomic mass is 16.7. The number of fused-ring (bicyclic) bond motifs is 1. The third-order valence-corrected chi connectivity index (χ3v) is 9.70. The second kappa shape index (κ2) is 12.9. The van der Waals surface area contributed by atoms with Gasteiger partial charge in [-0.05, 0) is 40.4 Å². The number of Topliss-reactive ketones (excluding diaryl/α,β-unsaturated/α-hetero) is 1. The van der Waals surface area contributed by atoms with E-state index in [9.17, 15) is 28.8 Å². The Morgan fingerprint density at radius 2 is 1.57 bits per heavy atom. The van der Waals surface area contributed by atoms with Gasteiger partial charge in [0.15, 0.2) is 0 Å². The third-order valence-electron chi connectivity index (χ3n) is 9.70. The first-order valence-electron chi connectivity index (χ1n) is 15.4. The number of nitrogens with two attached hydrogens (primary N) is 1. The van der Waals surface area contributed by atoms with E-state index in [1.807, 2.05) is 55.4 Å². The van der Waals surface area contributed by atoms with E-state index in [-0.39, 0.29) is 29.8 Å². The van der Waals surface area contributed by atoms with E-state index in [2.05, 4.69) is 20.7 Å². The van der Waals surface area contributed by atoms with Crippen LogP contribution in [0.3, 0.4) is 0 Å². The molecule has 44 heavy (non-hydrogen) atoms. The fourth-order valence-electron chi connectivity index (χ4n) is 6.40. The minimum absolute atomic E-state index is 0.0642. The topological polar surface area (TPSA) is 186 Å². The van der Waals surface area contributed by atoms with E-state index in [0.717, 1.165) is 19.3 Å². The van der Waals surface area contributed by atoms with Crippen LogP contribution in [0.25, 0.3) is 0 Å². The zero-order chi connectivity index (χ0) is 33.4. The first-order valence-corrected chi connectivity index (χ1v) is 15.4. The molecule has 3 rings (SSSR count). The number of nitrogens with one attached hydrogen (secondary N) is 3. The maximum atomic E-state index is 14.2. The van der Waals surface area contributed by atoms with E-state index in [1.165, 1.54) is 12.0 Å². The van der Waals surface area contributed by atoms with E-state index >= 15 is 0 Å². The fraction of sp³-hybridized carbons (Fsp3) is 0.806. The van der Waals surface area contributed by atoms with Gasteiger partial charge in [0.1, 0.15) is 18.7 Å². The molecule has 13 nitrogen and oxygen atoms in total. The molecule has 0 bridgehead atoms. The lowest BCUT2D eigenvalue weighted by molar-refractivity contribution is -0.145. The van der Waals surface area contributed by atoms with Crippen molar-refractivity contribution in [1.82, 2.24) is 20.9 Å². The van der Waals surface area contributed by atoms with E-state index in [1.54, 1.807) is 0 Å². The molecule has 0 aromatic heterocycles. The van der Waals surface area contributed by atoms with Crippen LogP contribution in [0, 0.1) is 34.0 Å². The summed E-state index contributed by atoms with van der Waals surface area (Å²) >= 11 is 0. The number of amides is 5. The van der Waals surface area contributed by atoms with Crippen molar-refractivity contribution in [3.8, 4) is 0 Å². The molecule has 0 aromatic carbocycles. The fourth-order valence-corrected chi connectivity index (χ4v) is 6.40. The summed E-state index contributed by atoms with van der Waals surface area (Å²) in [6.07, 6.45) is 2.30. The van der Waals surface area contributed by atoms with Gasteiger partial charge in [0, 0.05) is 6.54 Å². The van der Waals surface area contributed by atoms with E-state index in [0.29, 0.717) is 13.0 Å². The molecule has 3 fully saturated rings. The molecule has 2 aliphatic carbocycles. The molecule has 0 aromatic rings. The number of carbonyl (C=O) groups excluding carboxylic acids is 6. The summed E-state index contributed by atoms with van der Waals surface area (Å²) in [5.41, 5.74) is 3.87. The first-order chi connectivity index (χ1) is 20.2. The van der Waals surface area contributed by atoms with Gasteiger partial charge in [-0.2, -0.15) is 0 Å².